The van der Waals surface area contributed by atoms with Gasteiger partial charge in [-0.05, 0) is 62.1 Å². The van der Waals surface area contributed by atoms with E-state index in [0.29, 0.717) is 6.42 Å². The second kappa shape index (κ2) is 7.00. The van der Waals surface area contributed by atoms with E-state index in [9.17, 15) is 8.42 Å². The van der Waals surface area contributed by atoms with Gasteiger partial charge in [-0.15, -0.1) is 0 Å². The zero-order valence-corrected chi connectivity index (χ0v) is 15.7. The van der Waals surface area contributed by atoms with Gasteiger partial charge >= 0.3 is 0 Å². The third-order valence-corrected chi connectivity index (χ3v) is 6.99. The van der Waals surface area contributed by atoms with E-state index in [-0.39, 0.29) is 16.9 Å². The van der Waals surface area contributed by atoms with E-state index >= 15 is 0 Å². The fraction of sp³-hybridized carbons (Fsp3) is 0.350. The summed E-state index contributed by atoms with van der Waals surface area (Å²) >= 11 is 0. The Morgan fingerprint density at radius 2 is 1.76 bits per heavy atom. The second-order valence-electron chi connectivity index (χ2n) is 6.79. The summed E-state index contributed by atoms with van der Waals surface area (Å²) in [5, 5.41) is -0.308. The summed E-state index contributed by atoms with van der Waals surface area (Å²) in [5.74, 6) is 0.451. The molecule has 0 N–H and O–H groups in total. The SMILES string of the molecule is CC(C)S(=O)(=O)CC[C@H](C)c1ccc(-n2ccc3ncccc32)cc1. The normalized spacial score (nSPS) is 13.4. The van der Waals surface area contributed by atoms with Gasteiger partial charge in [0.1, 0.15) is 0 Å². The molecule has 2 heterocycles. The highest BCUT2D eigenvalue weighted by molar-refractivity contribution is 7.91. The maximum Gasteiger partial charge on any atom is 0.152 e. The van der Waals surface area contributed by atoms with Gasteiger partial charge < -0.3 is 4.57 Å². The van der Waals surface area contributed by atoms with Crippen LogP contribution in [0.4, 0.5) is 0 Å². The lowest BCUT2D eigenvalue weighted by Gasteiger charge is -2.14. The lowest BCUT2D eigenvalue weighted by atomic mass is 9.98. The van der Waals surface area contributed by atoms with E-state index in [1.807, 2.05) is 18.3 Å². The maximum atomic E-state index is 12.0. The Kier molecular flexibility index (Phi) is 4.95. The molecular weight excluding hydrogens is 332 g/mol. The van der Waals surface area contributed by atoms with Crippen LogP contribution in [-0.2, 0) is 9.84 Å². The van der Waals surface area contributed by atoms with Crippen molar-refractivity contribution in [2.24, 2.45) is 0 Å². The van der Waals surface area contributed by atoms with E-state index in [0.717, 1.165) is 22.3 Å². The van der Waals surface area contributed by atoms with Crippen molar-refractivity contribution in [3.8, 4) is 5.69 Å². The van der Waals surface area contributed by atoms with Crippen LogP contribution in [0, 0.1) is 0 Å². The van der Waals surface area contributed by atoms with E-state index in [1.165, 1.54) is 0 Å². The Balaban J connectivity index is 1.76. The molecule has 0 spiro atoms. The van der Waals surface area contributed by atoms with Gasteiger partial charge in [0.05, 0.1) is 22.0 Å². The van der Waals surface area contributed by atoms with Crippen molar-refractivity contribution in [3.05, 3.63) is 60.4 Å². The minimum atomic E-state index is -2.98. The summed E-state index contributed by atoms with van der Waals surface area (Å²) in [4.78, 5) is 4.36. The third kappa shape index (κ3) is 3.76. The number of aromatic nitrogens is 2. The van der Waals surface area contributed by atoms with Gasteiger partial charge in [0.2, 0.25) is 0 Å². The molecule has 0 aliphatic carbocycles. The van der Waals surface area contributed by atoms with Gasteiger partial charge in [0.25, 0.3) is 0 Å². The number of benzene rings is 1. The molecule has 132 valence electrons. The molecule has 0 radical (unpaired) electrons. The Labute approximate surface area is 149 Å². The molecule has 1 atom stereocenters. The summed E-state index contributed by atoms with van der Waals surface area (Å²) in [6.45, 7) is 5.57. The molecule has 0 bridgehead atoms. The number of nitrogens with zero attached hydrogens (tertiary/aromatic N) is 2. The Hall–Kier alpha value is -2.14. The average Bonchev–Trinajstić information content (AvgIpc) is 3.04. The first-order chi connectivity index (χ1) is 11.9. The number of hydrogen-bond donors (Lipinski definition) is 0. The van der Waals surface area contributed by atoms with E-state index in [2.05, 4.69) is 46.8 Å². The van der Waals surface area contributed by atoms with Crippen molar-refractivity contribution in [3.63, 3.8) is 0 Å². The molecule has 0 aliphatic rings. The van der Waals surface area contributed by atoms with Crippen LogP contribution in [0.15, 0.2) is 54.9 Å². The Morgan fingerprint density at radius 3 is 2.44 bits per heavy atom. The molecule has 0 unspecified atom stereocenters. The number of rotatable bonds is 6. The lowest BCUT2D eigenvalue weighted by Crippen LogP contribution is -2.18. The summed E-state index contributed by atoms with van der Waals surface area (Å²) in [6, 6.07) is 14.3. The molecule has 3 aromatic rings. The zero-order chi connectivity index (χ0) is 18.0. The van der Waals surface area contributed by atoms with Crippen LogP contribution in [0.1, 0.15) is 38.7 Å². The predicted octanol–water partition coefficient (Wildman–Crippen LogP) is 4.34. The summed E-state index contributed by atoms with van der Waals surface area (Å²) in [5.41, 5.74) is 4.29. The molecule has 0 aliphatic heterocycles. The number of hydrogen-bond acceptors (Lipinski definition) is 3. The third-order valence-electron chi connectivity index (χ3n) is 4.75. The van der Waals surface area contributed by atoms with E-state index < -0.39 is 9.84 Å². The molecule has 0 saturated carbocycles. The van der Waals surface area contributed by atoms with Gasteiger partial charge in [0, 0.05) is 18.1 Å². The number of fused-ring (bicyclic) bond motifs is 1. The molecule has 1 aromatic carbocycles. The van der Waals surface area contributed by atoms with Gasteiger partial charge in [-0.25, -0.2) is 8.42 Å². The molecule has 0 saturated heterocycles. The van der Waals surface area contributed by atoms with Crippen molar-refractivity contribution in [2.45, 2.75) is 38.4 Å². The summed E-state index contributed by atoms with van der Waals surface area (Å²) < 4.78 is 26.1. The quantitative estimate of drug-likeness (QED) is 0.660. The van der Waals surface area contributed by atoms with Crippen LogP contribution in [0.3, 0.4) is 0 Å². The first-order valence-electron chi connectivity index (χ1n) is 8.62. The van der Waals surface area contributed by atoms with Crippen molar-refractivity contribution in [1.82, 2.24) is 9.55 Å². The lowest BCUT2D eigenvalue weighted by molar-refractivity contribution is 0.580. The standard InChI is InChI=1S/C20H24N2O2S/c1-15(2)25(23,24)14-11-16(3)17-6-8-18(9-7-17)22-13-10-19-20(22)5-4-12-21-19/h4-10,12-13,15-16H,11,14H2,1-3H3/t16-/m0/s1. The molecule has 0 fully saturated rings. The first-order valence-corrected chi connectivity index (χ1v) is 10.3. The van der Waals surface area contributed by atoms with E-state index in [1.54, 1.807) is 20.0 Å². The average molecular weight is 356 g/mol. The van der Waals surface area contributed by atoms with Gasteiger partial charge in [0.15, 0.2) is 9.84 Å². The fourth-order valence-electron chi connectivity index (χ4n) is 2.90. The minimum absolute atomic E-state index is 0.214. The van der Waals surface area contributed by atoms with Gasteiger partial charge in [-0.3, -0.25) is 4.98 Å². The molecule has 4 nitrogen and oxygen atoms in total. The zero-order valence-electron chi connectivity index (χ0n) is 14.9. The molecule has 5 heteroatoms. The number of pyridine rings is 1. The fourth-order valence-corrected chi connectivity index (χ4v) is 4.05. The Bertz CT molecular complexity index is 957. The van der Waals surface area contributed by atoms with Crippen LogP contribution >= 0.6 is 0 Å². The predicted molar refractivity (Wildman–Crippen MR) is 103 cm³/mol. The van der Waals surface area contributed by atoms with Crippen molar-refractivity contribution in [1.29, 1.82) is 0 Å². The van der Waals surface area contributed by atoms with Crippen molar-refractivity contribution in [2.75, 3.05) is 5.75 Å². The van der Waals surface area contributed by atoms with E-state index in [4.69, 9.17) is 0 Å². The number of sulfone groups is 1. The Morgan fingerprint density at radius 1 is 1.04 bits per heavy atom. The summed E-state index contributed by atoms with van der Waals surface area (Å²) in [6.07, 6.45) is 4.46. The topological polar surface area (TPSA) is 52.0 Å². The smallest absolute Gasteiger partial charge is 0.152 e. The van der Waals surface area contributed by atoms with Crippen molar-refractivity contribution < 1.29 is 8.42 Å². The largest absolute Gasteiger partial charge is 0.315 e. The minimum Gasteiger partial charge on any atom is -0.315 e. The summed E-state index contributed by atoms with van der Waals surface area (Å²) in [7, 11) is -2.98. The molecule has 0 amide bonds. The van der Waals surface area contributed by atoms with Gasteiger partial charge in [-0.1, -0.05) is 19.1 Å². The van der Waals surface area contributed by atoms with Gasteiger partial charge in [-0.2, -0.15) is 0 Å². The maximum absolute atomic E-state index is 12.0. The van der Waals surface area contributed by atoms with Crippen LogP contribution in [0.25, 0.3) is 16.7 Å². The highest BCUT2D eigenvalue weighted by atomic mass is 32.2. The van der Waals surface area contributed by atoms with Crippen LogP contribution in [-0.4, -0.2) is 29.0 Å². The highest BCUT2D eigenvalue weighted by Crippen LogP contribution is 2.24. The monoisotopic (exact) mass is 356 g/mol. The molecular formula is C20H24N2O2S. The molecule has 3 rings (SSSR count). The van der Waals surface area contributed by atoms with Crippen molar-refractivity contribution >= 4 is 20.9 Å². The van der Waals surface area contributed by atoms with Crippen LogP contribution < -0.4 is 0 Å². The van der Waals surface area contributed by atoms with Crippen LogP contribution in [0.5, 0.6) is 0 Å². The molecule has 2 aromatic heterocycles. The highest BCUT2D eigenvalue weighted by Gasteiger charge is 2.18. The molecule has 25 heavy (non-hydrogen) atoms. The first kappa shape index (κ1) is 17.7. The van der Waals surface area contributed by atoms with Crippen LogP contribution in [0.2, 0.25) is 0 Å². The second-order valence-corrected chi connectivity index (χ2v) is 9.47.